The van der Waals surface area contributed by atoms with Crippen LogP contribution in [0.5, 0.6) is 0 Å². The van der Waals surface area contributed by atoms with Gasteiger partial charge in [-0.15, -0.1) is 0 Å². The number of anilines is 1. The summed E-state index contributed by atoms with van der Waals surface area (Å²) in [6, 6.07) is 5.09. The number of nitrogens with zero attached hydrogens (tertiary/aromatic N) is 1. The third-order valence-electron chi connectivity index (χ3n) is 1.04. The van der Waals surface area contributed by atoms with E-state index in [4.69, 9.17) is 5.73 Å². The molecular weight excluding hydrogens is 148 g/mol. The van der Waals surface area contributed by atoms with E-state index in [1.54, 1.807) is 24.5 Å². The highest BCUT2D eigenvalue weighted by atomic mass is 32.2. The smallest absolute Gasteiger partial charge is 0.129 e. The number of aromatic nitrogens is 1. The van der Waals surface area contributed by atoms with E-state index in [-0.39, 0.29) is 0 Å². The van der Waals surface area contributed by atoms with E-state index < -0.39 is 10.8 Å². The van der Waals surface area contributed by atoms with Crippen molar-refractivity contribution in [3.05, 3.63) is 18.2 Å². The van der Waals surface area contributed by atoms with Crippen molar-refractivity contribution in [2.24, 2.45) is 0 Å². The zero-order valence-corrected chi connectivity index (χ0v) is 6.39. The average molecular weight is 156 g/mol. The number of pyridine rings is 1. The lowest BCUT2D eigenvalue weighted by atomic mass is 10.5. The second-order valence-corrected chi connectivity index (χ2v) is 3.18. The van der Waals surface area contributed by atoms with E-state index in [9.17, 15) is 4.21 Å². The fraction of sp³-hybridized carbons (Fsp3) is 0.167. The molecule has 0 aliphatic carbocycles. The molecule has 1 heterocycles. The van der Waals surface area contributed by atoms with Crippen LogP contribution in [0.4, 0.5) is 5.82 Å². The second kappa shape index (κ2) is 2.79. The van der Waals surface area contributed by atoms with Crippen LogP contribution in [0, 0.1) is 0 Å². The van der Waals surface area contributed by atoms with Crippen molar-refractivity contribution in [3.63, 3.8) is 0 Å². The lowest BCUT2D eigenvalue weighted by Crippen LogP contribution is -1.95. The third kappa shape index (κ3) is 1.54. The lowest BCUT2D eigenvalue weighted by molar-refractivity contribution is 0.684. The van der Waals surface area contributed by atoms with Gasteiger partial charge in [-0.05, 0) is 12.1 Å². The maximum atomic E-state index is 10.8. The number of nitrogens with two attached hydrogens (primary N) is 1. The highest BCUT2D eigenvalue weighted by Gasteiger charge is 1.96. The van der Waals surface area contributed by atoms with Gasteiger partial charge in [-0.25, -0.2) is 4.98 Å². The molecule has 1 rings (SSSR count). The maximum Gasteiger partial charge on any atom is 0.129 e. The first kappa shape index (κ1) is 7.21. The maximum absolute atomic E-state index is 10.8. The Morgan fingerprint density at radius 2 is 2.30 bits per heavy atom. The average Bonchev–Trinajstić information content (AvgIpc) is 1.88. The van der Waals surface area contributed by atoms with Gasteiger partial charge < -0.3 is 5.73 Å². The van der Waals surface area contributed by atoms with Crippen LogP contribution in [-0.4, -0.2) is 15.4 Å². The Kier molecular flexibility index (Phi) is 2.01. The van der Waals surface area contributed by atoms with Gasteiger partial charge in [-0.3, -0.25) is 4.21 Å². The molecule has 1 aromatic heterocycles. The summed E-state index contributed by atoms with van der Waals surface area (Å²) in [6.07, 6.45) is 1.57. The quantitative estimate of drug-likeness (QED) is 0.640. The topological polar surface area (TPSA) is 56.0 Å². The van der Waals surface area contributed by atoms with Gasteiger partial charge in [0.2, 0.25) is 0 Å². The van der Waals surface area contributed by atoms with Crippen molar-refractivity contribution in [3.8, 4) is 0 Å². The highest BCUT2D eigenvalue weighted by Crippen LogP contribution is 2.02. The summed E-state index contributed by atoms with van der Waals surface area (Å²) in [5.41, 5.74) is 5.35. The van der Waals surface area contributed by atoms with Gasteiger partial charge in [-0.1, -0.05) is 6.07 Å². The minimum atomic E-state index is -1.03. The Bertz CT molecular complexity index is 262. The monoisotopic (exact) mass is 156 g/mol. The predicted octanol–water partition coefficient (Wildman–Crippen LogP) is 0.401. The van der Waals surface area contributed by atoms with Gasteiger partial charge in [-0.2, -0.15) is 0 Å². The molecule has 54 valence electrons. The van der Waals surface area contributed by atoms with E-state index in [1.165, 1.54) is 0 Å². The summed E-state index contributed by atoms with van der Waals surface area (Å²) in [5, 5.41) is 0.528. The molecule has 1 atom stereocenters. The number of hydrogen-bond donors (Lipinski definition) is 1. The minimum Gasteiger partial charge on any atom is -0.384 e. The molecule has 0 spiro atoms. The fourth-order valence-corrected chi connectivity index (χ4v) is 1.10. The van der Waals surface area contributed by atoms with Crippen LogP contribution >= 0.6 is 0 Å². The molecule has 0 aliphatic rings. The van der Waals surface area contributed by atoms with Crippen LogP contribution in [0.25, 0.3) is 0 Å². The standard InChI is InChI=1S/C6H8N2OS/c1-10(9)6-4-2-3-5(7)8-6/h2-4H,1H3,(H2,7,8). The summed E-state index contributed by atoms with van der Waals surface area (Å²) >= 11 is 0. The summed E-state index contributed by atoms with van der Waals surface area (Å²) < 4.78 is 10.8. The molecule has 0 saturated heterocycles. The summed E-state index contributed by atoms with van der Waals surface area (Å²) in [7, 11) is -1.03. The minimum absolute atomic E-state index is 0.410. The SMILES string of the molecule is CS(=O)c1cccc(N)n1. The molecule has 0 aromatic carbocycles. The van der Waals surface area contributed by atoms with Gasteiger partial charge in [0.15, 0.2) is 0 Å². The fourth-order valence-electron chi connectivity index (χ4n) is 0.591. The van der Waals surface area contributed by atoms with E-state index in [1.807, 2.05) is 0 Å². The molecule has 1 unspecified atom stereocenters. The zero-order valence-electron chi connectivity index (χ0n) is 5.57. The van der Waals surface area contributed by atoms with E-state index in [2.05, 4.69) is 4.98 Å². The van der Waals surface area contributed by atoms with Crippen LogP contribution in [-0.2, 0) is 10.8 Å². The Labute approximate surface area is 61.7 Å². The molecule has 3 nitrogen and oxygen atoms in total. The first-order valence-corrected chi connectivity index (χ1v) is 4.32. The molecule has 4 heteroatoms. The molecule has 0 bridgehead atoms. The van der Waals surface area contributed by atoms with Crippen LogP contribution in [0.1, 0.15) is 0 Å². The normalized spacial score (nSPS) is 12.9. The summed E-state index contributed by atoms with van der Waals surface area (Å²) in [4.78, 5) is 3.85. The summed E-state index contributed by atoms with van der Waals surface area (Å²) in [6.45, 7) is 0. The number of rotatable bonds is 1. The molecule has 0 aliphatic heterocycles. The van der Waals surface area contributed by atoms with Crippen molar-refractivity contribution < 1.29 is 4.21 Å². The zero-order chi connectivity index (χ0) is 7.56. The summed E-state index contributed by atoms with van der Waals surface area (Å²) in [5.74, 6) is 0.410. The van der Waals surface area contributed by atoms with E-state index in [0.717, 1.165) is 0 Å². The van der Waals surface area contributed by atoms with Crippen molar-refractivity contribution >= 4 is 16.6 Å². The number of nitrogen functional groups attached to an aromatic ring is 1. The molecule has 0 saturated carbocycles. The van der Waals surface area contributed by atoms with Crippen molar-refractivity contribution in [2.45, 2.75) is 5.03 Å². The largest absolute Gasteiger partial charge is 0.384 e. The number of hydrogen-bond acceptors (Lipinski definition) is 3. The van der Waals surface area contributed by atoms with Crippen LogP contribution in [0.2, 0.25) is 0 Å². The van der Waals surface area contributed by atoms with Gasteiger partial charge in [0.1, 0.15) is 10.8 Å². The predicted molar refractivity (Wildman–Crippen MR) is 41.0 cm³/mol. The Morgan fingerprint density at radius 3 is 2.70 bits per heavy atom. The molecule has 0 amide bonds. The lowest BCUT2D eigenvalue weighted by Gasteiger charge is -1.94. The first-order valence-electron chi connectivity index (χ1n) is 2.76. The molecular formula is C6H8N2OS. The van der Waals surface area contributed by atoms with Crippen molar-refractivity contribution in [1.82, 2.24) is 4.98 Å². The van der Waals surface area contributed by atoms with Gasteiger partial charge in [0.05, 0.1) is 10.8 Å². The highest BCUT2D eigenvalue weighted by molar-refractivity contribution is 7.84. The molecule has 0 radical (unpaired) electrons. The van der Waals surface area contributed by atoms with E-state index >= 15 is 0 Å². The van der Waals surface area contributed by atoms with Crippen molar-refractivity contribution in [1.29, 1.82) is 0 Å². The van der Waals surface area contributed by atoms with Gasteiger partial charge in [0, 0.05) is 6.26 Å². The molecule has 10 heavy (non-hydrogen) atoms. The Hall–Kier alpha value is -0.900. The first-order chi connectivity index (χ1) is 4.70. The Morgan fingerprint density at radius 1 is 1.60 bits per heavy atom. The van der Waals surface area contributed by atoms with Crippen molar-refractivity contribution in [2.75, 3.05) is 12.0 Å². The van der Waals surface area contributed by atoms with Crippen LogP contribution < -0.4 is 5.73 Å². The van der Waals surface area contributed by atoms with Crippen LogP contribution in [0.15, 0.2) is 23.2 Å². The van der Waals surface area contributed by atoms with Gasteiger partial charge >= 0.3 is 0 Å². The Balaban J connectivity index is 3.07. The second-order valence-electron chi connectivity index (χ2n) is 1.85. The molecule has 1 aromatic rings. The van der Waals surface area contributed by atoms with Gasteiger partial charge in [0.25, 0.3) is 0 Å². The van der Waals surface area contributed by atoms with Crippen LogP contribution in [0.3, 0.4) is 0 Å². The van der Waals surface area contributed by atoms with E-state index in [0.29, 0.717) is 10.8 Å². The molecule has 2 N–H and O–H groups in total. The molecule has 0 fully saturated rings. The third-order valence-corrected chi connectivity index (χ3v) is 1.86.